The van der Waals surface area contributed by atoms with Gasteiger partial charge < -0.3 is 14.6 Å². The maximum absolute atomic E-state index is 12.4. The summed E-state index contributed by atoms with van der Waals surface area (Å²) in [6.45, 7) is 9.33. The first-order valence-electron chi connectivity index (χ1n) is 10.1. The minimum absolute atomic E-state index is 0.0393. The molecule has 5 heteroatoms. The van der Waals surface area contributed by atoms with Crippen LogP contribution < -0.4 is 5.32 Å². The molecule has 1 heterocycles. The zero-order valence-electron chi connectivity index (χ0n) is 16.8. The number of carbonyl (C=O) groups excluding carboxylic acids is 2. The number of carbonyl (C=O) groups is 2. The third-order valence-corrected chi connectivity index (χ3v) is 5.33. The van der Waals surface area contributed by atoms with Crippen LogP contribution >= 0.6 is 0 Å². The molecule has 27 heavy (non-hydrogen) atoms. The van der Waals surface area contributed by atoms with E-state index in [9.17, 15) is 9.59 Å². The first-order valence-corrected chi connectivity index (χ1v) is 10.1. The molecule has 1 unspecified atom stereocenters. The molecular weight excluding hydrogens is 340 g/mol. The molecule has 1 aliphatic rings. The Morgan fingerprint density at radius 2 is 2.07 bits per heavy atom. The Balaban J connectivity index is 2.04. The first-order chi connectivity index (χ1) is 13.0. The predicted molar refractivity (Wildman–Crippen MR) is 107 cm³/mol. The second kappa shape index (κ2) is 8.15. The Kier molecular flexibility index (Phi) is 5.88. The third kappa shape index (κ3) is 3.73. The molecule has 146 valence electrons. The van der Waals surface area contributed by atoms with Gasteiger partial charge in [-0.2, -0.15) is 0 Å². The molecule has 1 aliphatic carbocycles. The number of amides is 1. The minimum Gasteiger partial charge on any atom is -0.466 e. The number of hydrogen-bond acceptors (Lipinski definition) is 3. The molecule has 0 saturated carbocycles. The fourth-order valence-corrected chi connectivity index (χ4v) is 4.13. The quantitative estimate of drug-likeness (QED) is 0.781. The van der Waals surface area contributed by atoms with E-state index in [1.165, 1.54) is 11.3 Å². The summed E-state index contributed by atoms with van der Waals surface area (Å²) in [4.78, 5) is 24.7. The Hall–Kier alpha value is -2.30. The Bertz CT molecular complexity index is 851. The third-order valence-electron chi connectivity index (χ3n) is 5.33. The van der Waals surface area contributed by atoms with Crippen molar-refractivity contribution in [3.63, 3.8) is 0 Å². The van der Waals surface area contributed by atoms with Gasteiger partial charge in [0.05, 0.1) is 12.5 Å². The molecule has 0 bridgehead atoms. The van der Waals surface area contributed by atoms with Gasteiger partial charge in [0.15, 0.2) is 0 Å². The van der Waals surface area contributed by atoms with Gasteiger partial charge in [-0.05, 0) is 70.2 Å². The van der Waals surface area contributed by atoms with Crippen LogP contribution in [0.4, 0.5) is 0 Å². The largest absolute Gasteiger partial charge is 0.466 e. The first kappa shape index (κ1) is 19.5. The summed E-state index contributed by atoms with van der Waals surface area (Å²) < 4.78 is 7.62. The van der Waals surface area contributed by atoms with Crippen LogP contribution in [0.15, 0.2) is 18.2 Å². The molecule has 0 radical (unpaired) electrons. The van der Waals surface area contributed by atoms with E-state index in [0.717, 1.165) is 30.2 Å². The van der Waals surface area contributed by atoms with E-state index >= 15 is 0 Å². The monoisotopic (exact) mass is 370 g/mol. The summed E-state index contributed by atoms with van der Waals surface area (Å²) in [7, 11) is 0. The minimum atomic E-state index is -0.106. The highest BCUT2D eigenvalue weighted by Gasteiger charge is 2.31. The lowest BCUT2D eigenvalue weighted by Crippen LogP contribution is -2.25. The van der Waals surface area contributed by atoms with Crippen molar-refractivity contribution in [2.75, 3.05) is 13.2 Å². The second-order valence-electron chi connectivity index (χ2n) is 7.57. The fourth-order valence-electron chi connectivity index (χ4n) is 4.13. The summed E-state index contributed by atoms with van der Waals surface area (Å²) in [6.07, 6.45) is 3.28. The number of nitrogens with zero attached hydrogens (tertiary/aromatic N) is 1. The highest BCUT2D eigenvalue weighted by atomic mass is 16.5. The van der Waals surface area contributed by atoms with Gasteiger partial charge in [0.2, 0.25) is 0 Å². The number of fused-ring (bicyclic) bond motifs is 3. The van der Waals surface area contributed by atoms with E-state index in [1.807, 2.05) is 32.0 Å². The summed E-state index contributed by atoms with van der Waals surface area (Å²) in [5.74, 6) is -0.241. The molecule has 0 fully saturated rings. The Morgan fingerprint density at radius 1 is 1.30 bits per heavy atom. The number of aromatic nitrogens is 1. The normalized spacial score (nSPS) is 16.4. The van der Waals surface area contributed by atoms with Gasteiger partial charge in [-0.3, -0.25) is 9.59 Å². The molecule has 1 N–H and O–H groups in total. The molecule has 1 aromatic carbocycles. The van der Waals surface area contributed by atoms with Crippen molar-refractivity contribution in [2.24, 2.45) is 5.92 Å². The van der Waals surface area contributed by atoms with Gasteiger partial charge in [-0.15, -0.1) is 0 Å². The number of ether oxygens (including phenoxy) is 1. The van der Waals surface area contributed by atoms with Gasteiger partial charge in [0, 0.05) is 34.7 Å². The molecule has 5 nitrogen and oxygen atoms in total. The van der Waals surface area contributed by atoms with E-state index < -0.39 is 0 Å². The zero-order chi connectivity index (χ0) is 19.6. The van der Waals surface area contributed by atoms with Crippen molar-refractivity contribution in [3.05, 3.63) is 35.0 Å². The van der Waals surface area contributed by atoms with Gasteiger partial charge in [-0.1, -0.05) is 6.92 Å². The van der Waals surface area contributed by atoms with Crippen molar-refractivity contribution in [1.82, 2.24) is 9.88 Å². The van der Waals surface area contributed by atoms with Gasteiger partial charge in [0.25, 0.3) is 5.91 Å². The average molecular weight is 370 g/mol. The van der Waals surface area contributed by atoms with E-state index in [-0.39, 0.29) is 17.8 Å². The van der Waals surface area contributed by atoms with Crippen LogP contribution in [-0.2, 0) is 22.4 Å². The molecular formula is C22H30N2O3. The number of rotatable bonds is 6. The average Bonchev–Trinajstić information content (AvgIpc) is 2.99. The van der Waals surface area contributed by atoms with Gasteiger partial charge in [0.1, 0.15) is 0 Å². The van der Waals surface area contributed by atoms with Crippen molar-refractivity contribution in [3.8, 4) is 0 Å². The van der Waals surface area contributed by atoms with Crippen LogP contribution in [-0.4, -0.2) is 29.6 Å². The van der Waals surface area contributed by atoms with E-state index in [2.05, 4.69) is 23.7 Å². The molecule has 1 aromatic heterocycles. The summed E-state index contributed by atoms with van der Waals surface area (Å²) in [5.41, 5.74) is 4.32. The van der Waals surface area contributed by atoms with Crippen LogP contribution in [0.3, 0.4) is 0 Å². The van der Waals surface area contributed by atoms with Crippen LogP contribution in [0.1, 0.15) is 68.2 Å². The molecule has 1 amide bonds. The Morgan fingerprint density at radius 3 is 2.74 bits per heavy atom. The molecule has 0 saturated heterocycles. The lowest BCUT2D eigenvalue weighted by Gasteiger charge is -2.23. The van der Waals surface area contributed by atoms with Crippen LogP contribution in [0, 0.1) is 5.92 Å². The highest BCUT2D eigenvalue weighted by molar-refractivity contribution is 5.99. The SMILES string of the molecule is CCCNC(=O)c1ccc2c(c1)c1c(n2C(C)C)CCC(C(=O)OCC)C1. The topological polar surface area (TPSA) is 60.3 Å². The number of hydrogen-bond donors (Lipinski definition) is 1. The van der Waals surface area contributed by atoms with Crippen molar-refractivity contribution < 1.29 is 14.3 Å². The molecule has 3 rings (SSSR count). The zero-order valence-corrected chi connectivity index (χ0v) is 16.8. The maximum atomic E-state index is 12.4. The number of nitrogens with one attached hydrogen (secondary N) is 1. The van der Waals surface area contributed by atoms with Crippen LogP contribution in [0.5, 0.6) is 0 Å². The lowest BCUT2D eigenvalue weighted by atomic mass is 9.86. The molecule has 2 aromatic rings. The van der Waals surface area contributed by atoms with Crippen LogP contribution in [0.2, 0.25) is 0 Å². The maximum Gasteiger partial charge on any atom is 0.309 e. The van der Waals surface area contributed by atoms with Crippen molar-refractivity contribution in [2.45, 2.75) is 59.4 Å². The number of benzene rings is 1. The van der Waals surface area contributed by atoms with E-state index in [4.69, 9.17) is 4.74 Å². The van der Waals surface area contributed by atoms with E-state index in [0.29, 0.717) is 31.2 Å². The van der Waals surface area contributed by atoms with Crippen molar-refractivity contribution >= 4 is 22.8 Å². The van der Waals surface area contributed by atoms with Crippen LogP contribution in [0.25, 0.3) is 10.9 Å². The summed E-state index contributed by atoms with van der Waals surface area (Å²) in [6, 6.07) is 6.27. The molecule has 0 spiro atoms. The second-order valence-corrected chi connectivity index (χ2v) is 7.57. The lowest BCUT2D eigenvalue weighted by molar-refractivity contribution is -0.148. The van der Waals surface area contributed by atoms with Crippen molar-refractivity contribution in [1.29, 1.82) is 0 Å². The standard InChI is InChI=1S/C22H30N2O3/c1-5-11-23-21(25)15-7-9-19-17(12-15)18-13-16(22(26)27-6-2)8-10-20(18)24(19)14(3)4/h7,9,12,14,16H,5-6,8,10-11,13H2,1-4H3,(H,23,25). The molecule has 0 aliphatic heterocycles. The Labute approximate surface area is 161 Å². The number of esters is 1. The fraction of sp³-hybridized carbons (Fsp3) is 0.545. The van der Waals surface area contributed by atoms with E-state index in [1.54, 1.807) is 0 Å². The molecule has 1 atom stereocenters. The summed E-state index contributed by atoms with van der Waals surface area (Å²) >= 11 is 0. The summed E-state index contributed by atoms with van der Waals surface area (Å²) in [5, 5.41) is 4.04. The highest BCUT2D eigenvalue weighted by Crippen LogP contribution is 2.37. The van der Waals surface area contributed by atoms with Gasteiger partial charge in [-0.25, -0.2) is 0 Å². The predicted octanol–water partition coefficient (Wildman–Crippen LogP) is 4.03. The van der Waals surface area contributed by atoms with Gasteiger partial charge >= 0.3 is 5.97 Å². The smallest absolute Gasteiger partial charge is 0.309 e.